The molecule has 1 N–H and O–H groups in total. The number of ketones is 1. The van der Waals surface area contributed by atoms with E-state index in [1.165, 1.54) is 12.1 Å². The van der Waals surface area contributed by atoms with Crippen LogP contribution >= 0.6 is 23.4 Å². The molecule has 0 saturated carbocycles. The molecule has 0 aliphatic heterocycles. The van der Waals surface area contributed by atoms with Crippen molar-refractivity contribution in [1.29, 1.82) is 0 Å². The van der Waals surface area contributed by atoms with Gasteiger partial charge in [-0.2, -0.15) is 13.2 Å². The number of aliphatic hydroxyl groups is 1. The standard InChI is InChI=1S/C18H12ClF3O2S/c19-16-8-11-6-12(17(24)15(11)7-13(16)9-23)5-10-1-3-14(4-2-10)25-18(20,21)22/h1-5,7-8,23H,6,9H2/b12-5+. The lowest BCUT2D eigenvalue weighted by Gasteiger charge is -2.05. The number of halogens is 4. The first-order valence-electron chi connectivity index (χ1n) is 7.30. The summed E-state index contributed by atoms with van der Waals surface area (Å²) in [4.78, 5) is 12.6. The Kier molecular flexibility index (Phi) is 4.95. The van der Waals surface area contributed by atoms with Gasteiger partial charge in [0, 0.05) is 27.5 Å². The zero-order valence-corrected chi connectivity index (χ0v) is 14.3. The summed E-state index contributed by atoms with van der Waals surface area (Å²) in [6.07, 6.45) is 2.07. The molecule has 0 fully saturated rings. The summed E-state index contributed by atoms with van der Waals surface area (Å²) in [6, 6.07) is 9.09. The number of allylic oxidation sites excluding steroid dienone is 1. The lowest BCUT2D eigenvalue weighted by atomic mass is 10.1. The largest absolute Gasteiger partial charge is 0.446 e. The van der Waals surface area contributed by atoms with Crippen LogP contribution in [0.3, 0.4) is 0 Å². The molecule has 130 valence electrons. The summed E-state index contributed by atoms with van der Waals surface area (Å²) in [5.41, 5.74) is -1.36. The smallest absolute Gasteiger partial charge is 0.392 e. The Morgan fingerprint density at radius 3 is 2.48 bits per heavy atom. The van der Waals surface area contributed by atoms with E-state index in [0.29, 0.717) is 33.7 Å². The van der Waals surface area contributed by atoms with Gasteiger partial charge in [0.05, 0.1) is 6.61 Å². The normalized spacial score (nSPS) is 15.7. The van der Waals surface area contributed by atoms with Gasteiger partial charge in [0.25, 0.3) is 0 Å². The van der Waals surface area contributed by atoms with Crippen LogP contribution in [0.15, 0.2) is 46.9 Å². The Morgan fingerprint density at radius 1 is 1.20 bits per heavy atom. The maximum Gasteiger partial charge on any atom is 0.446 e. The highest BCUT2D eigenvalue weighted by Gasteiger charge is 2.29. The molecule has 0 saturated heterocycles. The van der Waals surface area contributed by atoms with Crippen molar-refractivity contribution >= 4 is 35.2 Å². The molecule has 2 aromatic rings. The van der Waals surface area contributed by atoms with Crippen molar-refractivity contribution in [1.82, 2.24) is 0 Å². The molecule has 2 aromatic carbocycles. The maximum atomic E-state index is 12.5. The van der Waals surface area contributed by atoms with Crippen molar-refractivity contribution in [3.8, 4) is 0 Å². The van der Waals surface area contributed by atoms with Gasteiger partial charge in [0.15, 0.2) is 5.78 Å². The van der Waals surface area contributed by atoms with Crippen LogP contribution in [0.2, 0.25) is 5.02 Å². The fourth-order valence-corrected chi connectivity index (χ4v) is 3.47. The number of Topliss-reactive ketones (excluding diaryl/α,β-unsaturated/α-hetero) is 1. The van der Waals surface area contributed by atoms with Crippen molar-refractivity contribution in [3.63, 3.8) is 0 Å². The third-order valence-corrected chi connectivity index (χ3v) is 4.91. The molecule has 0 amide bonds. The summed E-state index contributed by atoms with van der Waals surface area (Å²) in [5, 5.41) is 9.66. The molecular formula is C18H12ClF3O2S. The van der Waals surface area contributed by atoms with Crippen molar-refractivity contribution in [3.05, 3.63) is 69.2 Å². The number of hydrogen-bond acceptors (Lipinski definition) is 3. The maximum absolute atomic E-state index is 12.5. The molecule has 0 bridgehead atoms. The van der Waals surface area contributed by atoms with Gasteiger partial charge in [0.2, 0.25) is 0 Å². The number of benzene rings is 2. The van der Waals surface area contributed by atoms with E-state index in [1.807, 2.05) is 0 Å². The van der Waals surface area contributed by atoms with Gasteiger partial charge in [-0.25, -0.2) is 0 Å². The zero-order valence-electron chi connectivity index (χ0n) is 12.7. The molecule has 7 heteroatoms. The molecule has 0 heterocycles. The van der Waals surface area contributed by atoms with Gasteiger partial charge >= 0.3 is 5.51 Å². The number of aliphatic hydroxyl groups excluding tert-OH is 1. The van der Waals surface area contributed by atoms with Crippen LogP contribution in [-0.4, -0.2) is 16.4 Å². The highest BCUT2D eigenvalue weighted by Crippen LogP contribution is 2.37. The fraction of sp³-hybridized carbons (Fsp3) is 0.167. The van der Waals surface area contributed by atoms with Crippen molar-refractivity contribution in [2.75, 3.05) is 0 Å². The Hall–Kier alpha value is -1.76. The average molecular weight is 385 g/mol. The first kappa shape index (κ1) is 18.0. The van der Waals surface area contributed by atoms with Crippen molar-refractivity contribution in [2.45, 2.75) is 23.4 Å². The quantitative estimate of drug-likeness (QED) is 0.579. The predicted octanol–water partition coefficient (Wildman–Crippen LogP) is 5.27. The van der Waals surface area contributed by atoms with Gasteiger partial charge in [-0.05, 0) is 58.8 Å². The minimum absolute atomic E-state index is 0.0926. The Balaban J connectivity index is 1.84. The molecule has 2 nitrogen and oxygen atoms in total. The molecule has 0 unspecified atom stereocenters. The number of hydrogen-bond donors (Lipinski definition) is 1. The highest BCUT2D eigenvalue weighted by atomic mass is 35.5. The summed E-state index contributed by atoms with van der Waals surface area (Å²) < 4.78 is 37.0. The molecule has 0 aromatic heterocycles. The Morgan fingerprint density at radius 2 is 1.88 bits per heavy atom. The summed E-state index contributed by atoms with van der Waals surface area (Å²) in [5.74, 6) is -0.157. The first-order chi connectivity index (χ1) is 11.8. The number of alkyl halides is 3. The minimum Gasteiger partial charge on any atom is -0.392 e. The van der Waals surface area contributed by atoms with Crippen molar-refractivity contribution < 1.29 is 23.1 Å². The van der Waals surface area contributed by atoms with Gasteiger partial charge in [-0.3, -0.25) is 4.79 Å². The van der Waals surface area contributed by atoms with Crippen LogP contribution < -0.4 is 0 Å². The van der Waals surface area contributed by atoms with Gasteiger partial charge in [-0.15, -0.1) is 0 Å². The predicted molar refractivity (Wildman–Crippen MR) is 91.7 cm³/mol. The topological polar surface area (TPSA) is 37.3 Å². The van der Waals surface area contributed by atoms with E-state index < -0.39 is 5.51 Å². The van der Waals surface area contributed by atoms with Gasteiger partial charge in [-0.1, -0.05) is 23.7 Å². The number of fused-ring (bicyclic) bond motifs is 1. The fourth-order valence-electron chi connectivity index (χ4n) is 2.68. The summed E-state index contributed by atoms with van der Waals surface area (Å²) in [6.45, 7) is -0.253. The Bertz CT molecular complexity index is 858. The second kappa shape index (κ2) is 6.86. The second-order valence-corrected chi connectivity index (χ2v) is 7.10. The lowest BCUT2D eigenvalue weighted by molar-refractivity contribution is -0.0328. The summed E-state index contributed by atoms with van der Waals surface area (Å²) in [7, 11) is 0. The molecule has 1 aliphatic rings. The van der Waals surface area contributed by atoms with E-state index in [4.69, 9.17) is 11.6 Å². The molecule has 0 radical (unpaired) electrons. The van der Waals surface area contributed by atoms with Gasteiger partial charge in [0.1, 0.15) is 0 Å². The molecule has 0 atom stereocenters. The number of rotatable bonds is 3. The highest BCUT2D eigenvalue weighted by molar-refractivity contribution is 8.00. The molecule has 25 heavy (non-hydrogen) atoms. The molecular weight excluding hydrogens is 373 g/mol. The van der Waals surface area contributed by atoms with Crippen LogP contribution in [0.25, 0.3) is 6.08 Å². The van der Waals surface area contributed by atoms with E-state index >= 15 is 0 Å². The minimum atomic E-state index is -4.33. The number of carbonyl (C=O) groups is 1. The average Bonchev–Trinajstić information content (AvgIpc) is 2.82. The van der Waals surface area contributed by atoms with Crippen LogP contribution in [0.5, 0.6) is 0 Å². The van der Waals surface area contributed by atoms with E-state index in [2.05, 4.69) is 0 Å². The molecule has 3 rings (SSSR count). The van der Waals surface area contributed by atoms with Crippen LogP contribution in [-0.2, 0) is 13.0 Å². The zero-order chi connectivity index (χ0) is 18.2. The molecule has 0 spiro atoms. The molecule has 1 aliphatic carbocycles. The number of carbonyl (C=O) groups excluding carboxylic acids is 1. The van der Waals surface area contributed by atoms with Crippen LogP contribution in [0, 0.1) is 0 Å². The number of thioether (sulfide) groups is 1. The van der Waals surface area contributed by atoms with E-state index in [1.54, 1.807) is 30.3 Å². The van der Waals surface area contributed by atoms with E-state index in [-0.39, 0.29) is 29.0 Å². The van der Waals surface area contributed by atoms with Crippen molar-refractivity contribution in [2.24, 2.45) is 0 Å². The third kappa shape index (κ3) is 4.08. The monoisotopic (exact) mass is 384 g/mol. The lowest BCUT2D eigenvalue weighted by Crippen LogP contribution is -1.99. The SMILES string of the molecule is O=C1/C(=C/c2ccc(SC(F)(F)F)cc2)Cc2cc(Cl)c(CO)cc21. The van der Waals surface area contributed by atoms with Gasteiger partial charge < -0.3 is 5.11 Å². The van der Waals surface area contributed by atoms with E-state index in [0.717, 1.165) is 5.56 Å². The second-order valence-electron chi connectivity index (χ2n) is 5.55. The third-order valence-electron chi connectivity index (χ3n) is 3.81. The van der Waals surface area contributed by atoms with Crippen LogP contribution in [0.4, 0.5) is 13.2 Å². The first-order valence-corrected chi connectivity index (χ1v) is 8.49. The van der Waals surface area contributed by atoms with E-state index in [9.17, 15) is 23.1 Å². The summed E-state index contributed by atoms with van der Waals surface area (Å²) >= 11 is 5.87. The van der Waals surface area contributed by atoms with Crippen LogP contribution in [0.1, 0.15) is 27.0 Å². The Labute approximate surface area is 151 Å².